The third kappa shape index (κ3) is 3.11. The molecule has 8 heavy (non-hydrogen) atoms. The van der Waals surface area contributed by atoms with Crippen LogP contribution in [0.3, 0.4) is 0 Å². The molecule has 0 aromatic rings. The molecule has 3 nitrogen and oxygen atoms in total. The highest BCUT2D eigenvalue weighted by atomic mass is 15.6. The number of allylic oxidation sites excluding steroid dienone is 1. The first-order chi connectivity index (χ1) is 3.81. The quantitative estimate of drug-likeness (QED) is 0.327. The average Bonchev–Trinajstić information content (AvgIpc) is 1.83. The zero-order valence-corrected chi connectivity index (χ0v) is 4.62. The molecule has 0 radical (unpaired) electrons. The Morgan fingerprint density at radius 2 is 2.12 bits per heavy atom. The van der Waals surface area contributed by atoms with E-state index in [0.717, 1.165) is 5.12 Å². The van der Waals surface area contributed by atoms with E-state index in [0.29, 0.717) is 0 Å². The predicted octanol–water partition coefficient (Wildman–Crippen LogP) is 0.477. The van der Waals surface area contributed by atoms with Crippen LogP contribution in [0.1, 0.15) is 0 Å². The fourth-order valence-corrected chi connectivity index (χ4v) is 0.171. The number of hydrogen-bond acceptors (Lipinski definition) is 3. The zero-order valence-electron chi connectivity index (χ0n) is 4.62. The molecule has 3 heteroatoms. The van der Waals surface area contributed by atoms with Gasteiger partial charge in [0.15, 0.2) is 0 Å². The first-order valence-electron chi connectivity index (χ1n) is 2.12. The Kier molecular flexibility index (Phi) is 3.52. The van der Waals surface area contributed by atoms with Gasteiger partial charge in [0.2, 0.25) is 0 Å². The minimum Gasteiger partial charge on any atom is -0.227 e. The Balaban J connectivity index is 3.50. The molecule has 0 spiro atoms. The average molecular weight is 111 g/mol. The highest BCUT2D eigenvalue weighted by Gasteiger charge is 1.73. The number of hydrogen-bond donors (Lipinski definition) is 1. The Morgan fingerprint density at radius 3 is 2.50 bits per heavy atom. The van der Waals surface area contributed by atoms with Gasteiger partial charge in [-0.25, -0.2) is 11.0 Å². The molecule has 0 heterocycles. The summed E-state index contributed by atoms with van der Waals surface area (Å²) >= 11 is 0. The van der Waals surface area contributed by atoms with E-state index in [9.17, 15) is 0 Å². The molecule has 0 saturated heterocycles. The van der Waals surface area contributed by atoms with Crippen molar-refractivity contribution >= 4 is 6.21 Å². The van der Waals surface area contributed by atoms with Gasteiger partial charge in [0.05, 0.1) is 0 Å². The number of nitrogens with zero attached hydrogens (tertiary/aromatic N) is 2. The van der Waals surface area contributed by atoms with Crippen molar-refractivity contribution in [1.29, 1.82) is 0 Å². The van der Waals surface area contributed by atoms with Crippen molar-refractivity contribution in [2.24, 2.45) is 10.9 Å². The molecule has 0 aliphatic heterocycles. The molecular formula is C5H9N3. The molecule has 0 saturated carbocycles. The molecular weight excluding hydrogens is 102 g/mol. The van der Waals surface area contributed by atoms with Crippen LogP contribution in [0, 0.1) is 0 Å². The van der Waals surface area contributed by atoms with E-state index in [1.54, 1.807) is 0 Å². The maximum absolute atomic E-state index is 5.13. The Labute approximate surface area is 48.8 Å². The van der Waals surface area contributed by atoms with E-state index in [2.05, 4.69) is 18.3 Å². The lowest BCUT2D eigenvalue weighted by Gasteiger charge is -2.00. The van der Waals surface area contributed by atoms with Gasteiger partial charge in [-0.05, 0) is 6.08 Å². The van der Waals surface area contributed by atoms with Crippen LogP contribution in [-0.2, 0) is 0 Å². The maximum Gasteiger partial charge on any atom is 0.0484 e. The first-order valence-corrected chi connectivity index (χ1v) is 2.12. The molecule has 44 valence electrons. The van der Waals surface area contributed by atoms with E-state index in [1.807, 2.05) is 0 Å². The van der Waals surface area contributed by atoms with E-state index in [-0.39, 0.29) is 0 Å². The minimum absolute atomic E-state index is 1.10. The molecule has 0 aromatic heterocycles. The summed E-state index contributed by atoms with van der Waals surface area (Å²) in [5.74, 6) is 5.13. The molecule has 0 aliphatic rings. The summed E-state index contributed by atoms with van der Waals surface area (Å²) in [5, 5.41) is 4.71. The number of hydrazine groups is 1. The fraction of sp³-hybridized carbons (Fsp3) is 0. The monoisotopic (exact) mass is 111 g/mol. The van der Waals surface area contributed by atoms with Crippen molar-refractivity contribution in [2.45, 2.75) is 0 Å². The summed E-state index contributed by atoms with van der Waals surface area (Å²) in [6, 6.07) is 0. The second kappa shape index (κ2) is 4.08. The molecule has 0 aromatic carbocycles. The van der Waals surface area contributed by atoms with Crippen LogP contribution in [-0.4, -0.2) is 11.3 Å². The molecule has 0 amide bonds. The van der Waals surface area contributed by atoms with Crippen molar-refractivity contribution in [3.63, 3.8) is 0 Å². The lowest BCUT2D eigenvalue weighted by atomic mass is 10.7. The van der Waals surface area contributed by atoms with Gasteiger partial charge in [0, 0.05) is 12.4 Å². The van der Waals surface area contributed by atoms with Crippen LogP contribution >= 0.6 is 0 Å². The highest BCUT2D eigenvalue weighted by molar-refractivity contribution is 5.69. The molecule has 0 fully saturated rings. The molecule has 0 atom stereocenters. The van der Waals surface area contributed by atoms with Gasteiger partial charge in [-0.15, -0.1) is 0 Å². The smallest absolute Gasteiger partial charge is 0.0484 e. The van der Waals surface area contributed by atoms with Crippen LogP contribution in [0.25, 0.3) is 0 Å². The summed E-state index contributed by atoms with van der Waals surface area (Å²) in [6.45, 7) is 6.77. The van der Waals surface area contributed by atoms with Crippen molar-refractivity contribution in [3.05, 3.63) is 25.4 Å². The largest absolute Gasteiger partial charge is 0.227 e. The van der Waals surface area contributed by atoms with Crippen molar-refractivity contribution < 1.29 is 0 Å². The second-order valence-corrected chi connectivity index (χ2v) is 1.06. The number of hydrazone groups is 1. The van der Waals surface area contributed by atoms with E-state index in [1.165, 1.54) is 18.5 Å². The van der Waals surface area contributed by atoms with Gasteiger partial charge in [-0.3, -0.25) is 0 Å². The van der Waals surface area contributed by atoms with Gasteiger partial charge in [0.1, 0.15) is 0 Å². The van der Waals surface area contributed by atoms with Crippen molar-refractivity contribution in [2.75, 3.05) is 0 Å². The van der Waals surface area contributed by atoms with Gasteiger partial charge in [-0.2, -0.15) is 5.10 Å². The third-order valence-corrected chi connectivity index (χ3v) is 0.492. The zero-order chi connectivity index (χ0) is 6.41. The lowest BCUT2D eigenvalue weighted by molar-refractivity contribution is 0.424. The van der Waals surface area contributed by atoms with Gasteiger partial charge >= 0.3 is 0 Å². The predicted molar refractivity (Wildman–Crippen MR) is 34.9 cm³/mol. The molecule has 0 bridgehead atoms. The van der Waals surface area contributed by atoms with Crippen LogP contribution in [0.2, 0.25) is 0 Å². The molecule has 0 aliphatic carbocycles. The highest BCUT2D eigenvalue weighted by Crippen LogP contribution is 1.73. The van der Waals surface area contributed by atoms with Crippen LogP contribution in [0.5, 0.6) is 0 Å². The van der Waals surface area contributed by atoms with E-state index < -0.39 is 0 Å². The van der Waals surface area contributed by atoms with Gasteiger partial charge in [0.25, 0.3) is 0 Å². The maximum atomic E-state index is 5.13. The van der Waals surface area contributed by atoms with Crippen LogP contribution in [0.4, 0.5) is 0 Å². The summed E-state index contributed by atoms with van der Waals surface area (Å²) in [5.41, 5.74) is 0. The number of rotatable bonds is 3. The van der Waals surface area contributed by atoms with Gasteiger partial charge in [-0.1, -0.05) is 13.2 Å². The molecule has 2 N–H and O–H groups in total. The summed E-state index contributed by atoms with van der Waals surface area (Å²) in [7, 11) is 0. The van der Waals surface area contributed by atoms with Crippen molar-refractivity contribution in [3.8, 4) is 0 Å². The molecule has 0 rings (SSSR count). The Bertz CT molecular complexity index is 106. The normalized spacial score (nSPS) is 9.12. The number of nitrogens with two attached hydrogens (primary N) is 1. The Hall–Kier alpha value is -1.09. The first kappa shape index (κ1) is 6.91. The third-order valence-electron chi connectivity index (χ3n) is 0.492. The summed E-state index contributed by atoms with van der Waals surface area (Å²) in [4.78, 5) is 0. The fourth-order valence-electron chi connectivity index (χ4n) is 0.171. The van der Waals surface area contributed by atoms with Crippen LogP contribution in [0.15, 0.2) is 30.5 Å². The van der Waals surface area contributed by atoms with Crippen molar-refractivity contribution in [1.82, 2.24) is 5.12 Å². The van der Waals surface area contributed by atoms with Gasteiger partial charge < -0.3 is 0 Å². The Morgan fingerprint density at radius 1 is 1.50 bits per heavy atom. The second-order valence-electron chi connectivity index (χ2n) is 1.06. The SMILES string of the molecule is C=C/C=N\N(N)C=C. The summed E-state index contributed by atoms with van der Waals surface area (Å²) < 4.78 is 0. The topological polar surface area (TPSA) is 41.6 Å². The van der Waals surface area contributed by atoms with E-state index in [4.69, 9.17) is 5.84 Å². The van der Waals surface area contributed by atoms with E-state index >= 15 is 0 Å². The lowest BCUT2D eigenvalue weighted by Crippen LogP contribution is -2.17. The molecule has 0 unspecified atom stereocenters. The van der Waals surface area contributed by atoms with Crippen LogP contribution < -0.4 is 5.84 Å². The standard InChI is InChI=1S/C5H9N3/c1-3-5-7-8(6)4-2/h3-5H,1-2,6H2/b7-5-. The summed E-state index contributed by atoms with van der Waals surface area (Å²) in [6.07, 6.45) is 4.39. The minimum atomic E-state index is 1.10.